The molecule has 4 heteroatoms. The van der Waals surface area contributed by atoms with Gasteiger partial charge in [-0.25, -0.2) is 0 Å². The van der Waals surface area contributed by atoms with Crippen LogP contribution in [-0.4, -0.2) is 17.9 Å². The molecule has 0 saturated heterocycles. The summed E-state index contributed by atoms with van der Waals surface area (Å²) in [5.74, 6) is 0.682. The Hall–Kier alpha value is -1.03. The summed E-state index contributed by atoms with van der Waals surface area (Å²) in [5.41, 5.74) is 5.92. The molecule has 0 atom stereocenters. The summed E-state index contributed by atoms with van der Waals surface area (Å²) < 4.78 is 10.2. The molecule has 1 rings (SSSR count). The van der Waals surface area contributed by atoms with E-state index >= 15 is 0 Å². The predicted octanol–water partition coefficient (Wildman–Crippen LogP) is 1.22. The van der Waals surface area contributed by atoms with Crippen molar-refractivity contribution in [3.8, 4) is 0 Å². The number of nitrogens with zero attached hydrogens (tertiary/aromatic N) is 1. The van der Waals surface area contributed by atoms with Gasteiger partial charge in [0.25, 0.3) is 0 Å². The number of anilines is 1. The van der Waals surface area contributed by atoms with Crippen molar-refractivity contribution in [3.63, 3.8) is 0 Å². The van der Waals surface area contributed by atoms with Crippen LogP contribution in [0.5, 0.6) is 0 Å². The molecule has 12 heavy (non-hydrogen) atoms. The quantitative estimate of drug-likeness (QED) is 0.741. The van der Waals surface area contributed by atoms with Crippen LogP contribution < -0.4 is 5.73 Å². The summed E-state index contributed by atoms with van der Waals surface area (Å²) in [6.45, 7) is 3.93. The molecule has 2 N–H and O–H groups in total. The summed E-state index contributed by atoms with van der Waals surface area (Å²) in [7, 11) is 1.66. The van der Waals surface area contributed by atoms with E-state index < -0.39 is 0 Å². The summed E-state index contributed by atoms with van der Waals surface area (Å²) in [5, 5.41) is 3.58. The molecule has 1 heterocycles. The molecule has 0 aliphatic carbocycles. The van der Waals surface area contributed by atoms with Gasteiger partial charge in [0.1, 0.15) is 0 Å². The number of methoxy groups -OCH3 is 1. The molecule has 0 aliphatic heterocycles. The first-order valence-corrected chi connectivity index (χ1v) is 3.79. The lowest BCUT2D eigenvalue weighted by Gasteiger charge is -2.20. The van der Waals surface area contributed by atoms with Crippen LogP contribution in [0.3, 0.4) is 0 Å². The molecule has 0 radical (unpaired) electrons. The van der Waals surface area contributed by atoms with E-state index in [4.69, 9.17) is 15.0 Å². The Morgan fingerprint density at radius 1 is 1.67 bits per heavy atom. The van der Waals surface area contributed by atoms with Gasteiger partial charge >= 0.3 is 0 Å². The second-order valence-corrected chi connectivity index (χ2v) is 3.34. The van der Waals surface area contributed by atoms with Crippen LogP contribution in [0.15, 0.2) is 10.7 Å². The lowest BCUT2D eigenvalue weighted by atomic mass is 10.0. The van der Waals surface area contributed by atoms with Gasteiger partial charge < -0.3 is 15.0 Å². The number of nitrogen functional groups attached to an aromatic ring is 1. The first kappa shape index (κ1) is 9.06. The summed E-state index contributed by atoms with van der Waals surface area (Å²) >= 11 is 0. The third-order valence-corrected chi connectivity index (χ3v) is 1.82. The van der Waals surface area contributed by atoms with Crippen molar-refractivity contribution in [2.24, 2.45) is 0 Å². The predicted molar refractivity (Wildman–Crippen MR) is 45.7 cm³/mol. The van der Waals surface area contributed by atoms with Gasteiger partial charge in [-0.15, -0.1) is 0 Å². The first-order chi connectivity index (χ1) is 5.55. The van der Waals surface area contributed by atoms with E-state index in [0.717, 1.165) is 0 Å². The minimum Gasteiger partial charge on any atom is -0.395 e. The fraction of sp³-hybridized carbons (Fsp3) is 0.625. The molecule has 0 amide bonds. The SMILES string of the molecule is COC(C)(C)Cc1oncc1N. The average molecular weight is 170 g/mol. The smallest absolute Gasteiger partial charge is 0.162 e. The van der Waals surface area contributed by atoms with Crippen molar-refractivity contribution in [1.29, 1.82) is 0 Å². The first-order valence-electron chi connectivity index (χ1n) is 3.79. The lowest BCUT2D eigenvalue weighted by Crippen LogP contribution is -2.25. The van der Waals surface area contributed by atoms with Crippen LogP contribution in [0.25, 0.3) is 0 Å². The second-order valence-electron chi connectivity index (χ2n) is 3.34. The zero-order valence-corrected chi connectivity index (χ0v) is 7.63. The molecule has 0 aromatic carbocycles. The monoisotopic (exact) mass is 170 g/mol. The Morgan fingerprint density at radius 3 is 2.75 bits per heavy atom. The highest BCUT2D eigenvalue weighted by Crippen LogP contribution is 2.19. The van der Waals surface area contributed by atoms with E-state index in [1.807, 2.05) is 13.8 Å². The maximum Gasteiger partial charge on any atom is 0.162 e. The zero-order chi connectivity index (χ0) is 9.19. The Labute approximate surface area is 71.7 Å². The average Bonchev–Trinajstić information content (AvgIpc) is 2.36. The maximum atomic E-state index is 5.59. The van der Waals surface area contributed by atoms with Crippen LogP contribution >= 0.6 is 0 Å². The van der Waals surface area contributed by atoms with Crippen molar-refractivity contribution in [2.75, 3.05) is 12.8 Å². The lowest BCUT2D eigenvalue weighted by molar-refractivity contribution is 0.0182. The summed E-state index contributed by atoms with van der Waals surface area (Å²) in [6.07, 6.45) is 2.14. The highest BCUT2D eigenvalue weighted by molar-refractivity contribution is 5.38. The maximum absolute atomic E-state index is 5.59. The molecular formula is C8H14N2O2. The van der Waals surface area contributed by atoms with Gasteiger partial charge in [0.15, 0.2) is 5.76 Å². The number of ether oxygens (including phenoxy) is 1. The van der Waals surface area contributed by atoms with Crippen LogP contribution in [-0.2, 0) is 11.2 Å². The molecule has 1 aromatic heterocycles. The molecule has 1 aromatic rings. The third-order valence-electron chi connectivity index (χ3n) is 1.82. The number of hydrogen-bond acceptors (Lipinski definition) is 4. The van der Waals surface area contributed by atoms with E-state index in [2.05, 4.69) is 5.16 Å². The van der Waals surface area contributed by atoms with Crippen LogP contribution in [0, 0.1) is 0 Å². The van der Waals surface area contributed by atoms with Crippen LogP contribution in [0.2, 0.25) is 0 Å². The van der Waals surface area contributed by atoms with Crippen molar-refractivity contribution >= 4 is 5.69 Å². The van der Waals surface area contributed by atoms with E-state index in [1.165, 1.54) is 6.20 Å². The highest BCUT2D eigenvalue weighted by Gasteiger charge is 2.20. The molecule has 68 valence electrons. The zero-order valence-electron chi connectivity index (χ0n) is 7.63. The Morgan fingerprint density at radius 2 is 2.33 bits per heavy atom. The fourth-order valence-electron chi connectivity index (χ4n) is 0.865. The molecular weight excluding hydrogens is 156 g/mol. The van der Waals surface area contributed by atoms with Crippen molar-refractivity contribution in [1.82, 2.24) is 5.16 Å². The third kappa shape index (κ3) is 1.98. The van der Waals surface area contributed by atoms with Crippen molar-refractivity contribution in [2.45, 2.75) is 25.9 Å². The highest BCUT2D eigenvalue weighted by atomic mass is 16.5. The normalized spacial score (nSPS) is 11.9. The van der Waals surface area contributed by atoms with Crippen LogP contribution in [0.1, 0.15) is 19.6 Å². The Kier molecular flexibility index (Phi) is 2.38. The molecule has 0 unspecified atom stereocenters. The number of hydrogen-bond donors (Lipinski definition) is 1. The number of nitrogens with two attached hydrogens (primary N) is 1. The minimum atomic E-state index is -0.256. The second kappa shape index (κ2) is 3.15. The Bertz CT molecular complexity index is 255. The fourth-order valence-corrected chi connectivity index (χ4v) is 0.865. The topological polar surface area (TPSA) is 61.3 Å². The molecule has 0 fully saturated rings. The van der Waals surface area contributed by atoms with Gasteiger partial charge in [-0.05, 0) is 13.8 Å². The van der Waals surface area contributed by atoms with Gasteiger partial charge in [0.2, 0.25) is 0 Å². The largest absolute Gasteiger partial charge is 0.395 e. The molecule has 4 nitrogen and oxygen atoms in total. The molecule has 0 saturated carbocycles. The van der Waals surface area contributed by atoms with Gasteiger partial charge in [-0.2, -0.15) is 0 Å². The minimum absolute atomic E-state index is 0.256. The number of aromatic nitrogens is 1. The van der Waals surface area contributed by atoms with Gasteiger partial charge in [-0.3, -0.25) is 0 Å². The standard InChI is InChI=1S/C8H14N2O2/c1-8(2,11-3)4-7-6(9)5-10-12-7/h5H,4,9H2,1-3H3. The number of rotatable bonds is 3. The molecule has 0 spiro atoms. The molecule has 0 aliphatic rings. The van der Waals surface area contributed by atoms with E-state index in [1.54, 1.807) is 7.11 Å². The van der Waals surface area contributed by atoms with E-state index in [-0.39, 0.29) is 5.60 Å². The van der Waals surface area contributed by atoms with Crippen molar-refractivity contribution in [3.05, 3.63) is 12.0 Å². The van der Waals surface area contributed by atoms with Gasteiger partial charge in [0.05, 0.1) is 17.5 Å². The van der Waals surface area contributed by atoms with Crippen LogP contribution in [0.4, 0.5) is 5.69 Å². The van der Waals surface area contributed by atoms with E-state index in [9.17, 15) is 0 Å². The summed E-state index contributed by atoms with van der Waals surface area (Å²) in [6, 6.07) is 0. The summed E-state index contributed by atoms with van der Waals surface area (Å²) in [4.78, 5) is 0. The van der Waals surface area contributed by atoms with Crippen molar-refractivity contribution < 1.29 is 9.26 Å². The Balaban J connectivity index is 2.70. The molecule has 0 bridgehead atoms. The van der Waals surface area contributed by atoms with Gasteiger partial charge in [-0.1, -0.05) is 5.16 Å². The van der Waals surface area contributed by atoms with E-state index in [0.29, 0.717) is 17.9 Å². The van der Waals surface area contributed by atoms with Gasteiger partial charge in [0, 0.05) is 13.5 Å².